The fraction of sp³-hybridized carbons (Fsp3) is 0.458. The highest BCUT2D eigenvalue weighted by atomic mass is 32.1. The smallest absolute Gasteiger partial charge is 0.310 e. The van der Waals surface area contributed by atoms with Crippen LogP contribution in [0.5, 0.6) is 0 Å². The minimum Gasteiger partial charge on any atom is -0.481 e. The van der Waals surface area contributed by atoms with Gasteiger partial charge < -0.3 is 10.4 Å². The molecular formula is C24H30N2O3S. The molecule has 1 heterocycles. The molecule has 2 N–H and O–H groups in total. The summed E-state index contributed by atoms with van der Waals surface area (Å²) in [4.78, 5) is 29.2. The Morgan fingerprint density at radius 3 is 2.60 bits per heavy atom. The lowest BCUT2D eigenvalue weighted by atomic mass is 9.76. The van der Waals surface area contributed by atoms with E-state index in [9.17, 15) is 14.7 Å². The fourth-order valence-electron chi connectivity index (χ4n) is 3.89. The number of hydrogen-bond acceptors (Lipinski definition) is 4. The highest BCUT2D eigenvalue weighted by molar-refractivity contribution is 7.10. The van der Waals surface area contributed by atoms with Crippen LogP contribution in [0.15, 0.2) is 29.6 Å². The summed E-state index contributed by atoms with van der Waals surface area (Å²) in [6, 6.07) is 7.57. The van der Waals surface area contributed by atoms with Crippen LogP contribution in [0.2, 0.25) is 0 Å². The summed E-state index contributed by atoms with van der Waals surface area (Å²) < 4.78 is 0. The van der Waals surface area contributed by atoms with Gasteiger partial charge in [-0.25, -0.2) is 4.98 Å². The Labute approximate surface area is 182 Å². The van der Waals surface area contributed by atoms with Gasteiger partial charge >= 0.3 is 5.97 Å². The quantitative estimate of drug-likeness (QED) is 0.449. The Morgan fingerprint density at radius 2 is 1.97 bits per heavy atom. The molecule has 1 aromatic heterocycles. The number of aliphatic carboxylic acids is 1. The summed E-state index contributed by atoms with van der Waals surface area (Å²) >= 11 is 1.65. The molecule has 0 atom stereocenters. The van der Waals surface area contributed by atoms with Crippen molar-refractivity contribution in [1.82, 2.24) is 4.98 Å². The second-order valence-electron chi connectivity index (χ2n) is 8.15. The van der Waals surface area contributed by atoms with Crippen molar-refractivity contribution < 1.29 is 14.7 Å². The third-order valence-corrected chi connectivity index (χ3v) is 6.36. The van der Waals surface area contributed by atoms with E-state index in [2.05, 4.69) is 15.7 Å². The van der Waals surface area contributed by atoms with Gasteiger partial charge in [0.05, 0.1) is 11.1 Å². The van der Waals surface area contributed by atoms with Gasteiger partial charge in [-0.1, -0.05) is 44.9 Å². The number of carboxylic acid groups (broad SMARTS) is 1. The average Bonchev–Trinajstić information content (AvgIpc) is 3.45. The Kier molecular flexibility index (Phi) is 7.43. The largest absolute Gasteiger partial charge is 0.481 e. The second-order valence-corrected chi connectivity index (χ2v) is 9.04. The number of benzene rings is 1. The van der Waals surface area contributed by atoms with E-state index in [0.717, 1.165) is 23.4 Å². The van der Waals surface area contributed by atoms with Gasteiger partial charge in [0.15, 0.2) is 0 Å². The van der Waals surface area contributed by atoms with Crippen molar-refractivity contribution in [2.24, 2.45) is 5.41 Å². The van der Waals surface area contributed by atoms with Gasteiger partial charge in [-0.05, 0) is 49.5 Å². The molecule has 1 amide bonds. The van der Waals surface area contributed by atoms with Gasteiger partial charge in [-0.15, -0.1) is 11.3 Å². The van der Waals surface area contributed by atoms with Crippen LogP contribution in [0.1, 0.15) is 81.0 Å². The number of amides is 1. The number of nitrogens with one attached hydrogen (secondary N) is 1. The van der Waals surface area contributed by atoms with Crippen LogP contribution in [0.3, 0.4) is 0 Å². The fourth-order valence-corrected chi connectivity index (χ4v) is 4.68. The third-order valence-electron chi connectivity index (χ3n) is 5.53. The maximum absolute atomic E-state index is 12.6. The van der Waals surface area contributed by atoms with Gasteiger partial charge in [0, 0.05) is 23.4 Å². The van der Waals surface area contributed by atoms with Crippen molar-refractivity contribution in [1.29, 1.82) is 0 Å². The normalized spacial score (nSPS) is 14.2. The van der Waals surface area contributed by atoms with E-state index in [0.29, 0.717) is 24.4 Å². The highest BCUT2D eigenvalue weighted by Gasteiger charge is 2.38. The Balaban J connectivity index is 1.65. The molecule has 2 aromatic rings. The summed E-state index contributed by atoms with van der Waals surface area (Å²) in [5.74, 6) is -0.484. The molecule has 3 rings (SSSR count). The van der Waals surface area contributed by atoms with Crippen LogP contribution in [0.25, 0.3) is 12.2 Å². The van der Waals surface area contributed by atoms with Gasteiger partial charge in [-0.3, -0.25) is 9.59 Å². The maximum atomic E-state index is 12.6. The SMILES string of the molecule is CCCC(CCC)(CC(=O)Nc1cccc(C=Cc2nc(C3CC3)cs2)c1)C(=O)O. The minimum atomic E-state index is -0.991. The first-order chi connectivity index (χ1) is 14.5. The van der Waals surface area contributed by atoms with Gasteiger partial charge in [0.25, 0.3) is 0 Å². The summed E-state index contributed by atoms with van der Waals surface area (Å²) in [6.45, 7) is 3.91. The van der Waals surface area contributed by atoms with Gasteiger partial charge in [0.1, 0.15) is 5.01 Å². The van der Waals surface area contributed by atoms with Gasteiger partial charge in [-0.2, -0.15) is 0 Å². The number of carbonyl (C=O) groups excluding carboxylic acids is 1. The van der Waals surface area contributed by atoms with Crippen molar-refractivity contribution in [3.8, 4) is 0 Å². The third kappa shape index (κ3) is 5.79. The van der Waals surface area contributed by atoms with E-state index >= 15 is 0 Å². The average molecular weight is 427 g/mol. The van der Waals surface area contributed by atoms with Crippen molar-refractivity contribution in [2.75, 3.05) is 5.32 Å². The molecule has 1 aliphatic rings. The van der Waals surface area contributed by atoms with Crippen LogP contribution >= 0.6 is 11.3 Å². The van der Waals surface area contributed by atoms with Crippen LogP contribution in [-0.2, 0) is 9.59 Å². The maximum Gasteiger partial charge on any atom is 0.310 e. The Morgan fingerprint density at radius 1 is 1.23 bits per heavy atom. The van der Waals surface area contributed by atoms with Gasteiger partial charge in [0.2, 0.25) is 5.91 Å². The summed E-state index contributed by atoms with van der Waals surface area (Å²) in [6.07, 6.45) is 8.94. The molecular weight excluding hydrogens is 396 g/mol. The predicted octanol–water partition coefficient (Wildman–Crippen LogP) is 6.19. The molecule has 1 aliphatic carbocycles. The molecule has 0 aliphatic heterocycles. The summed E-state index contributed by atoms with van der Waals surface area (Å²) in [7, 11) is 0. The summed E-state index contributed by atoms with van der Waals surface area (Å²) in [5.41, 5.74) is 1.84. The number of nitrogens with zero attached hydrogens (tertiary/aromatic N) is 1. The zero-order chi connectivity index (χ0) is 21.6. The molecule has 160 valence electrons. The van der Waals surface area contributed by atoms with E-state index in [-0.39, 0.29) is 12.3 Å². The highest BCUT2D eigenvalue weighted by Crippen LogP contribution is 2.40. The van der Waals surface area contributed by atoms with E-state index in [1.807, 2.05) is 50.3 Å². The molecule has 5 nitrogen and oxygen atoms in total. The second kappa shape index (κ2) is 10.0. The Bertz CT molecular complexity index is 909. The van der Waals surface area contributed by atoms with Crippen molar-refractivity contribution in [3.63, 3.8) is 0 Å². The predicted molar refractivity (Wildman–Crippen MR) is 123 cm³/mol. The van der Waals surface area contributed by atoms with Crippen LogP contribution in [0.4, 0.5) is 5.69 Å². The van der Waals surface area contributed by atoms with Crippen LogP contribution in [0, 0.1) is 5.41 Å². The van der Waals surface area contributed by atoms with E-state index < -0.39 is 11.4 Å². The number of carbonyl (C=O) groups is 2. The lowest BCUT2D eigenvalue weighted by Crippen LogP contribution is -2.35. The molecule has 0 saturated heterocycles. The zero-order valence-electron chi connectivity index (χ0n) is 17.7. The van der Waals surface area contributed by atoms with Crippen LogP contribution < -0.4 is 5.32 Å². The number of hydrogen-bond donors (Lipinski definition) is 2. The Hall–Kier alpha value is -2.47. The topological polar surface area (TPSA) is 79.3 Å². The first kappa shape index (κ1) is 22.2. The molecule has 30 heavy (non-hydrogen) atoms. The molecule has 6 heteroatoms. The minimum absolute atomic E-state index is 0.00681. The zero-order valence-corrected chi connectivity index (χ0v) is 18.5. The van der Waals surface area contributed by atoms with Crippen molar-refractivity contribution in [2.45, 2.75) is 64.7 Å². The molecule has 0 unspecified atom stereocenters. The molecule has 1 aromatic carbocycles. The number of carboxylic acids is 1. The number of rotatable bonds is 11. The number of thiazole rings is 1. The molecule has 1 fully saturated rings. The molecule has 1 saturated carbocycles. The molecule has 0 radical (unpaired) electrons. The lowest BCUT2D eigenvalue weighted by Gasteiger charge is -2.28. The first-order valence-electron chi connectivity index (χ1n) is 10.7. The lowest BCUT2D eigenvalue weighted by molar-refractivity contribution is -0.152. The number of anilines is 1. The number of aromatic nitrogens is 1. The molecule has 0 bridgehead atoms. The molecule has 0 spiro atoms. The van der Waals surface area contributed by atoms with E-state index in [1.54, 1.807) is 11.3 Å². The van der Waals surface area contributed by atoms with E-state index in [1.165, 1.54) is 18.5 Å². The monoisotopic (exact) mass is 426 g/mol. The van der Waals surface area contributed by atoms with E-state index in [4.69, 9.17) is 0 Å². The van der Waals surface area contributed by atoms with Crippen LogP contribution in [-0.4, -0.2) is 22.0 Å². The standard InChI is InChI=1S/C24H30N2O3S/c1-3-12-24(13-4-2,23(28)29)15-21(27)25-19-7-5-6-17(14-19)8-11-22-26-20(16-30-22)18-9-10-18/h5-8,11,14,16,18H,3-4,9-10,12-13,15H2,1-2H3,(H,25,27)(H,28,29). The van der Waals surface area contributed by atoms with Crippen molar-refractivity contribution >= 4 is 41.1 Å². The first-order valence-corrected chi connectivity index (χ1v) is 11.6. The summed E-state index contributed by atoms with van der Waals surface area (Å²) in [5, 5.41) is 15.8. The van der Waals surface area contributed by atoms with Crippen molar-refractivity contribution in [3.05, 3.63) is 45.9 Å².